The molecule has 0 atom stereocenters. The molecule has 0 N–H and O–H groups in total. The van der Waals surface area contributed by atoms with Gasteiger partial charge in [0, 0.05) is 0 Å². The zero-order valence-electron chi connectivity index (χ0n) is 8.29. The van der Waals surface area contributed by atoms with E-state index < -0.39 is 0 Å². The van der Waals surface area contributed by atoms with E-state index in [9.17, 15) is 0 Å². The Balaban J connectivity index is 2.53. The normalized spacial score (nSPS) is 11.8. The standard InChI is InChI=1S/C11H13BrSe2/c1-3-13-11(12)8-14-10-6-4-9(2)5-7-10/h4-8H,3H2,1-2H3/b11-8-. The molecule has 1 rings (SSSR count). The van der Waals surface area contributed by atoms with Crippen LogP contribution < -0.4 is 4.46 Å². The van der Waals surface area contributed by atoms with Crippen molar-refractivity contribution in [1.29, 1.82) is 0 Å². The quantitative estimate of drug-likeness (QED) is 0.702. The van der Waals surface area contributed by atoms with E-state index in [1.807, 2.05) is 0 Å². The molecule has 1 aromatic rings. The summed E-state index contributed by atoms with van der Waals surface area (Å²) in [5, 5.41) is 1.27. The van der Waals surface area contributed by atoms with Crippen LogP contribution in [0.2, 0.25) is 5.32 Å². The van der Waals surface area contributed by atoms with Gasteiger partial charge in [-0.25, -0.2) is 0 Å². The maximum atomic E-state index is 3.61. The fourth-order valence-corrected chi connectivity index (χ4v) is 5.66. The summed E-state index contributed by atoms with van der Waals surface area (Å²) >= 11 is 4.75. The van der Waals surface area contributed by atoms with Crippen molar-refractivity contribution >= 4 is 50.3 Å². The van der Waals surface area contributed by atoms with Gasteiger partial charge in [0.1, 0.15) is 0 Å². The summed E-state index contributed by atoms with van der Waals surface area (Å²) < 4.78 is 2.86. The number of hydrogen-bond acceptors (Lipinski definition) is 0. The van der Waals surface area contributed by atoms with E-state index in [4.69, 9.17) is 0 Å². The maximum absolute atomic E-state index is 3.61. The van der Waals surface area contributed by atoms with Crippen molar-refractivity contribution in [2.24, 2.45) is 0 Å². The Morgan fingerprint density at radius 2 is 2.00 bits per heavy atom. The fourth-order valence-electron chi connectivity index (χ4n) is 0.903. The van der Waals surface area contributed by atoms with E-state index in [0.717, 1.165) is 0 Å². The Morgan fingerprint density at radius 1 is 1.36 bits per heavy atom. The van der Waals surface area contributed by atoms with Gasteiger partial charge in [-0.3, -0.25) is 0 Å². The first-order valence-corrected chi connectivity index (χ1v) is 9.15. The van der Waals surface area contributed by atoms with Gasteiger partial charge in [0.15, 0.2) is 0 Å². The minimum absolute atomic E-state index is 0.490. The van der Waals surface area contributed by atoms with Crippen LogP contribution in [0.5, 0.6) is 0 Å². The van der Waals surface area contributed by atoms with Crippen molar-refractivity contribution in [2.75, 3.05) is 0 Å². The summed E-state index contributed by atoms with van der Waals surface area (Å²) in [6.07, 6.45) is 0. The summed E-state index contributed by atoms with van der Waals surface area (Å²) in [6.45, 7) is 4.36. The van der Waals surface area contributed by atoms with E-state index >= 15 is 0 Å². The predicted molar refractivity (Wildman–Crippen MR) is 69.8 cm³/mol. The van der Waals surface area contributed by atoms with E-state index in [0.29, 0.717) is 29.9 Å². The molecule has 1 aromatic carbocycles. The Morgan fingerprint density at radius 3 is 2.57 bits per heavy atom. The molecule has 0 aliphatic rings. The van der Waals surface area contributed by atoms with Crippen LogP contribution in [-0.2, 0) is 0 Å². The van der Waals surface area contributed by atoms with Gasteiger partial charge in [-0.05, 0) is 0 Å². The molecule has 0 saturated heterocycles. The first-order valence-electron chi connectivity index (χ1n) is 4.44. The SMILES string of the molecule is CC[Se]/C(Br)=C\[Se]c1ccc(C)cc1. The van der Waals surface area contributed by atoms with E-state index in [1.165, 1.54) is 18.7 Å². The average Bonchev–Trinajstić information content (AvgIpc) is 2.17. The molecule has 76 valence electrons. The third-order valence-electron chi connectivity index (χ3n) is 1.59. The van der Waals surface area contributed by atoms with Crippen molar-refractivity contribution in [3.8, 4) is 0 Å². The molecule has 0 nitrogen and oxygen atoms in total. The summed E-state index contributed by atoms with van der Waals surface area (Å²) in [5.74, 6) is 0. The molecule has 0 fully saturated rings. The van der Waals surface area contributed by atoms with Gasteiger partial charge in [0.2, 0.25) is 0 Å². The first kappa shape index (κ1) is 12.5. The molecule has 14 heavy (non-hydrogen) atoms. The van der Waals surface area contributed by atoms with Gasteiger partial charge in [-0.1, -0.05) is 0 Å². The van der Waals surface area contributed by atoms with Crippen molar-refractivity contribution in [3.05, 3.63) is 38.2 Å². The minimum atomic E-state index is 0.490. The van der Waals surface area contributed by atoms with Gasteiger partial charge in [0.25, 0.3) is 0 Å². The molecule has 3 heteroatoms. The molecular formula is C11H13BrSe2. The van der Waals surface area contributed by atoms with Gasteiger partial charge in [-0.2, -0.15) is 0 Å². The molecule has 0 radical (unpaired) electrons. The molecule has 0 unspecified atom stereocenters. The third-order valence-corrected chi connectivity index (χ3v) is 7.76. The van der Waals surface area contributed by atoms with Crippen molar-refractivity contribution in [3.63, 3.8) is 0 Å². The van der Waals surface area contributed by atoms with Gasteiger partial charge in [0.05, 0.1) is 0 Å². The summed E-state index contributed by atoms with van der Waals surface area (Å²) in [4.78, 5) is 2.35. The number of hydrogen-bond donors (Lipinski definition) is 0. The number of halogens is 1. The van der Waals surface area contributed by atoms with Crippen LogP contribution in [0.15, 0.2) is 32.6 Å². The van der Waals surface area contributed by atoms with Crippen LogP contribution >= 0.6 is 15.9 Å². The van der Waals surface area contributed by atoms with Crippen LogP contribution in [0.4, 0.5) is 0 Å². The molecule has 0 heterocycles. The van der Waals surface area contributed by atoms with E-state index in [-0.39, 0.29) is 0 Å². The van der Waals surface area contributed by atoms with Crippen LogP contribution in [0.25, 0.3) is 0 Å². The molecule has 0 saturated carbocycles. The Hall–Kier alpha value is 0.479. The summed E-state index contributed by atoms with van der Waals surface area (Å²) in [6, 6.07) is 8.82. The van der Waals surface area contributed by atoms with Crippen molar-refractivity contribution < 1.29 is 0 Å². The second-order valence-electron chi connectivity index (χ2n) is 2.79. The average molecular weight is 383 g/mol. The number of aryl methyl sites for hydroxylation is 1. The van der Waals surface area contributed by atoms with Crippen LogP contribution in [-0.4, -0.2) is 29.9 Å². The summed E-state index contributed by atoms with van der Waals surface area (Å²) in [5.41, 5.74) is 1.34. The molecule has 0 aliphatic carbocycles. The second-order valence-corrected chi connectivity index (χ2v) is 9.54. The Bertz CT molecular complexity index is 304. The van der Waals surface area contributed by atoms with Crippen LogP contribution in [0, 0.1) is 6.92 Å². The van der Waals surface area contributed by atoms with Crippen molar-refractivity contribution in [2.45, 2.75) is 19.2 Å². The number of rotatable bonds is 4. The Labute approximate surface area is 107 Å². The number of benzene rings is 1. The zero-order chi connectivity index (χ0) is 10.4. The molecular weight excluding hydrogens is 370 g/mol. The van der Waals surface area contributed by atoms with Crippen LogP contribution in [0.3, 0.4) is 0 Å². The Kier molecular flexibility index (Phi) is 6.16. The second kappa shape index (κ2) is 6.87. The zero-order valence-corrected chi connectivity index (χ0v) is 13.3. The molecule has 0 bridgehead atoms. The monoisotopic (exact) mass is 384 g/mol. The van der Waals surface area contributed by atoms with Gasteiger partial charge < -0.3 is 0 Å². The summed E-state index contributed by atoms with van der Waals surface area (Å²) in [7, 11) is 0. The van der Waals surface area contributed by atoms with Gasteiger partial charge >= 0.3 is 108 Å². The van der Waals surface area contributed by atoms with E-state index in [2.05, 4.69) is 59.0 Å². The van der Waals surface area contributed by atoms with E-state index in [1.54, 1.807) is 0 Å². The van der Waals surface area contributed by atoms with Crippen molar-refractivity contribution in [1.82, 2.24) is 0 Å². The molecule has 0 spiro atoms. The third kappa shape index (κ3) is 4.82. The van der Waals surface area contributed by atoms with Gasteiger partial charge in [-0.15, -0.1) is 0 Å². The first-order chi connectivity index (χ1) is 6.72. The molecule has 0 aromatic heterocycles. The molecule has 0 amide bonds. The molecule has 0 aliphatic heterocycles. The predicted octanol–water partition coefficient (Wildman–Crippen LogP) is 2.66. The van der Waals surface area contributed by atoms with Crippen LogP contribution in [0.1, 0.15) is 12.5 Å². The topological polar surface area (TPSA) is 0 Å². The fraction of sp³-hybridized carbons (Fsp3) is 0.273.